The zero-order valence-electron chi connectivity index (χ0n) is 22.3. The van der Waals surface area contributed by atoms with Gasteiger partial charge in [0.05, 0.1) is 18.9 Å². The number of carbonyl (C=O) groups excluding carboxylic acids is 2. The van der Waals surface area contributed by atoms with Crippen LogP contribution >= 0.6 is 0 Å². The highest BCUT2D eigenvalue weighted by atomic mass is 16.5. The lowest BCUT2D eigenvalue weighted by molar-refractivity contribution is -0.137. The third-order valence-electron chi connectivity index (χ3n) is 7.65. The van der Waals surface area contributed by atoms with Gasteiger partial charge in [-0.1, -0.05) is 84.9 Å². The molecule has 6 heteroatoms. The third-order valence-corrected chi connectivity index (χ3v) is 7.65. The van der Waals surface area contributed by atoms with Gasteiger partial charge >= 0.3 is 5.97 Å². The van der Waals surface area contributed by atoms with Gasteiger partial charge in [0.2, 0.25) is 0 Å². The zero-order valence-corrected chi connectivity index (χ0v) is 22.3. The van der Waals surface area contributed by atoms with E-state index in [-0.39, 0.29) is 23.4 Å². The monoisotopic (exact) mass is 530 g/mol. The summed E-state index contributed by atoms with van der Waals surface area (Å²) < 4.78 is 11.0. The summed E-state index contributed by atoms with van der Waals surface area (Å²) in [4.78, 5) is 26.8. The minimum atomic E-state index is -0.610. The second-order valence-electron chi connectivity index (χ2n) is 10.1. The fourth-order valence-electron chi connectivity index (χ4n) is 5.76. The van der Waals surface area contributed by atoms with E-state index in [0.717, 1.165) is 52.4 Å². The van der Waals surface area contributed by atoms with Gasteiger partial charge in [-0.2, -0.15) is 5.10 Å². The van der Waals surface area contributed by atoms with Crippen LogP contribution in [0.25, 0.3) is 16.8 Å². The van der Waals surface area contributed by atoms with Crippen LogP contribution in [0.5, 0.6) is 5.75 Å². The Morgan fingerprint density at radius 2 is 1.60 bits per heavy atom. The lowest BCUT2D eigenvalue weighted by atomic mass is 9.77. The molecule has 0 N–H and O–H groups in total. The molecule has 200 valence electrons. The molecule has 1 aliphatic heterocycles. The smallest absolute Gasteiger partial charge is 0.342 e. The van der Waals surface area contributed by atoms with Crippen molar-refractivity contribution in [3.05, 3.63) is 119 Å². The molecule has 2 aliphatic rings. The largest absolute Gasteiger partial charge is 0.496 e. The second kappa shape index (κ2) is 11.2. The van der Waals surface area contributed by atoms with Crippen LogP contribution < -0.4 is 4.74 Å². The SMILES string of the molecule is COc1cc2ccccc2cc1C(=O)OCC(=O)N1N=C2C(=Cc3ccccc3)CCCC2C1c1ccccc1. The molecule has 4 aromatic carbocycles. The summed E-state index contributed by atoms with van der Waals surface area (Å²) in [5.41, 5.74) is 4.50. The Bertz CT molecular complexity index is 1610. The number of methoxy groups -OCH3 is 1. The Hall–Kier alpha value is -4.71. The molecule has 2 atom stereocenters. The second-order valence-corrected chi connectivity index (χ2v) is 10.1. The lowest BCUT2D eigenvalue weighted by Gasteiger charge is -2.29. The first-order chi connectivity index (χ1) is 19.6. The van der Waals surface area contributed by atoms with E-state index in [4.69, 9.17) is 14.6 Å². The first-order valence-corrected chi connectivity index (χ1v) is 13.6. The number of benzene rings is 4. The van der Waals surface area contributed by atoms with Gasteiger partial charge < -0.3 is 9.47 Å². The predicted octanol–water partition coefficient (Wildman–Crippen LogP) is 6.83. The van der Waals surface area contributed by atoms with E-state index in [1.807, 2.05) is 72.8 Å². The summed E-state index contributed by atoms with van der Waals surface area (Å²) in [6.45, 7) is -0.417. The summed E-state index contributed by atoms with van der Waals surface area (Å²) in [7, 11) is 1.51. The number of hydrazone groups is 1. The van der Waals surface area contributed by atoms with Crippen molar-refractivity contribution in [3.63, 3.8) is 0 Å². The van der Waals surface area contributed by atoms with E-state index in [2.05, 4.69) is 18.2 Å². The highest BCUT2D eigenvalue weighted by Crippen LogP contribution is 2.44. The first kappa shape index (κ1) is 25.6. The lowest BCUT2D eigenvalue weighted by Crippen LogP contribution is -2.34. The molecule has 1 heterocycles. The minimum Gasteiger partial charge on any atom is -0.496 e. The van der Waals surface area contributed by atoms with Crippen LogP contribution in [0.15, 0.2) is 108 Å². The maximum absolute atomic E-state index is 13.6. The number of rotatable bonds is 6. The summed E-state index contributed by atoms with van der Waals surface area (Å²) in [6, 6.07) is 31.2. The molecule has 1 saturated carbocycles. The van der Waals surface area contributed by atoms with Gasteiger partial charge in [-0.3, -0.25) is 4.79 Å². The topological polar surface area (TPSA) is 68.2 Å². The fourth-order valence-corrected chi connectivity index (χ4v) is 5.76. The first-order valence-electron chi connectivity index (χ1n) is 13.6. The van der Waals surface area contributed by atoms with Crippen molar-refractivity contribution in [1.29, 1.82) is 0 Å². The summed E-state index contributed by atoms with van der Waals surface area (Å²) in [5.74, 6) is -0.489. The van der Waals surface area contributed by atoms with Gasteiger partial charge in [0, 0.05) is 5.92 Å². The quantitative estimate of drug-likeness (QED) is 0.256. The summed E-state index contributed by atoms with van der Waals surface area (Å²) in [6.07, 6.45) is 5.03. The molecule has 4 aromatic rings. The third kappa shape index (κ3) is 5.00. The number of nitrogens with zero attached hydrogens (tertiary/aromatic N) is 2. The van der Waals surface area contributed by atoms with Crippen molar-refractivity contribution in [2.24, 2.45) is 11.0 Å². The van der Waals surface area contributed by atoms with Crippen molar-refractivity contribution in [1.82, 2.24) is 5.01 Å². The molecule has 0 radical (unpaired) electrons. The van der Waals surface area contributed by atoms with Gasteiger partial charge in [-0.15, -0.1) is 0 Å². The van der Waals surface area contributed by atoms with Crippen LogP contribution in [-0.4, -0.2) is 36.3 Å². The number of amides is 1. The Balaban J connectivity index is 1.28. The molecule has 40 heavy (non-hydrogen) atoms. The van der Waals surface area contributed by atoms with Crippen molar-refractivity contribution in [3.8, 4) is 5.75 Å². The standard InChI is InChI=1S/C34H30N2O4/c1-39-30-21-26-16-9-8-15-25(26)20-29(30)34(38)40-22-31(37)36-33(24-13-6-3-7-14-24)28-18-10-17-27(32(28)35-36)19-23-11-4-2-5-12-23/h2-9,11-16,19-21,28,33H,10,17-18,22H2,1H3. The van der Waals surface area contributed by atoms with Gasteiger partial charge in [-0.25, -0.2) is 9.80 Å². The Labute approximate surface area is 233 Å². The van der Waals surface area contributed by atoms with Gasteiger partial charge in [0.15, 0.2) is 6.61 Å². The minimum absolute atomic E-state index is 0.0753. The van der Waals surface area contributed by atoms with Crippen LogP contribution in [-0.2, 0) is 9.53 Å². The number of ether oxygens (including phenoxy) is 2. The van der Waals surface area contributed by atoms with E-state index in [9.17, 15) is 9.59 Å². The van der Waals surface area contributed by atoms with Crippen LogP contribution in [0, 0.1) is 5.92 Å². The number of esters is 1. The van der Waals surface area contributed by atoms with E-state index < -0.39 is 12.6 Å². The van der Waals surface area contributed by atoms with E-state index in [1.165, 1.54) is 12.1 Å². The van der Waals surface area contributed by atoms with E-state index >= 15 is 0 Å². The van der Waals surface area contributed by atoms with Crippen LogP contribution in [0.4, 0.5) is 0 Å². The number of hydrogen-bond donors (Lipinski definition) is 0. The van der Waals surface area contributed by atoms with Gasteiger partial charge in [0.25, 0.3) is 5.91 Å². The van der Waals surface area contributed by atoms with E-state index in [1.54, 1.807) is 12.1 Å². The van der Waals surface area contributed by atoms with E-state index in [0.29, 0.717) is 5.75 Å². The number of carbonyl (C=O) groups is 2. The number of allylic oxidation sites excluding steroid dienone is 1. The van der Waals surface area contributed by atoms with Crippen molar-refractivity contribution in [2.75, 3.05) is 13.7 Å². The molecule has 1 amide bonds. The highest BCUT2D eigenvalue weighted by molar-refractivity contribution is 6.08. The van der Waals surface area contributed by atoms with Crippen molar-refractivity contribution in [2.45, 2.75) is 25.3 Å². The van der Waals surface area contributed by atoms with Crippen LogP contribution in [0.2, 0.25) is 0 Å². The summed E-state index contributed by atoms with van der Waals surface area (Å²) in [5, 5.41) is 8.26. The Kier molecular flexibility index (Phi) is 7.15. The molecule has 6 nitrogen and oxygen atoms in total. The molecular weight excluding hydrogens is 500 g/mol. The molecule has 0 bridgehead atoms. The van der Waals surface area contributed by atoms with Crippen LogP contribution in [0.3, 0.4) is 0 Å². The number of hydrogen-bond acceptors (Lipinski definition) is 5. The summed E-state index contributed by atoms with van der Waals surface area (Å²) >= 11 is 0. The normalized spacial score (nSPS) is 19.3. The molecule has 1 aliphatic carbocycles. The van der Waals surface area contributed by atoms with Gasteiger partial charge in [-0.05, 0) is 64.9 Å². The van der Waals surface area contributed by atoms with Crippen molar-refractivity contribution >= 4 is 34.4 Å². The van der Waals surface area contributed by atoms with Gasteiger partial charge in [0.1, 0.15) is 11.3 Å². The highest BCUT2D eigenvalue weighted by Gasteiger charge is 2.43. The molecule has 0 spiro atoms. The molecule has 2 unspecified atom stereocenters. The maximum Gasteiger partial charge on any atom is 0.342 e. The Morgan fingerprint density at radius 1 is 0.925 bits per heavy atom. The number of fused-ring (bicyclic) bond motifs is 2. The molecule has 0 aromatic heterocycles. The zero-order chi connectivity index (χ0) is 27.5. The van der Waals surface area contributed by atoms with Crippen LogP contribution in [0.1, 0.15) is 46.8 Å². The molecule has 1 fully saturated rings. The molecule has 6 rings (SSSR count). The maximum atomic E-state index is 13.6. The van der Waals surface area contributed by atoms with Crippen molar-refractivity contribution < 1.29 is 19.1 Å². The molecular formula is C34H30N2O4. The molecule has 0 saturated heterocycles. The predicted molar refractivity (Wildman–Crippen MR) is 156 cm³/mol. The Morgan fingerprint density at radius 3 is 2.33 bits per heavy atom. The average molecular weight is 531 g/mol. The fraction of sp³-hybridized carbons (Fsp3) is 0.206. The average Bonchev–Trinajstić information content (AvgIpc) is 3.41.